The van der Waals surface area contributed by atoms with Gasteiger partial charge in [-0.15, -0.1) is 12.4 Å². The maximum absolute atomic E-state index is 15.9. The normalized spacial score (nSPS) is 14.8. The molecular formula is C26H36ClFN4O5. The molecule has 1 fully saturated rings. The number of esters is 1. The van der Waals surface area contributed by atoms with Gasteiger partial charge in [-0.1, -0.05) is 0 Å². The number of anilines is 1. The summed E-state index contributed by atoms with van der Waals surface area (Å²) in [6.45, 7) is 6.17. The molecule has 3 rings (SSSR count). The van der Waals surface area contributed by atoms with Gasteiger partial charge < -0.3 is 35.3 Å². The second-order valence-electron chi connectivity index (χ2n) is 8.46. The smallest absolute Gasteiger partial charge is 0.333 e. The van der Waals surface area contributed by atoms with Gasteiger partial charge in [-0.3, -0.25) is 5.41 Å². The zero-order valence-electron chi connectivity index (χ0n) is 21.2. The van der Waals surface area contributed by atoms with E-state index in [1.54, 1.807) is 31.2 Å². The number of hydrogen-bond donors (Lipinski definition) is 4. The Bertz CT molecular complexity index is 1030. The quantitative estimate of drug-likeness (QED) is 0.183. The lowest BCUT2D eigenvalue weighted by Crippen LogP contribution is -2.39. The van der Waals surface area contributed by atoms with Gasteiger partial charge in [0.2, 0.25) is 0 Å². The van der Waals surface area contributed by atoms with Crippen LogP contribution in [0.4, 0.5) is 10.1 Å². The average Bonchev–Trinajstić information content (AvgIpc) is 2.86. The summed E-state index contributed by atoms with van der Waals surface area (Å²) in [7, 11) is 0. The molecule has 2 aromatic carbocycles. The summed E-state index contributed by atoms with van der Waals surface area (Å²) in [5, 5.41) is 19.7. The number of β-amino-alcohol motifs (C(OH)–C–C–N with tert-alkyl or cyclic N) is 1. The van der Waals surface area contributed by atoms with Gasteiger partial charge in [0.15, 0.2) is 17.6 Å². The van der Waals surface area contributed by atoms with Crippen molar-refractivity contribution < 1.29 is 28.5 Å². The summed E-state index contributed by atoms with van der Waals surface area (Å²) in [6.07, 6.45) is 1.18. The Balaban J connectivity index is 0.00000481. The standard InChI is InChI=1S/C26H35FN4O5.ClH/c1-3-34-20-15-21(23(27)22(16-20)36-19-9-11-31(12-10-19)13-14-32)24(26(33)35-4-2)30-18-7-5-17(6-8-18)25(28)29;/h5-8,15-16,19,24,30,32H,3-4,9-14H2,1-2H3,(H3,28,29);1H. The van der Waals surface area contributed by atoms with E-state index in [2.05, 4.69) is 10.2 Å². The minimum Gasteiger partial charge on any atom is -0.494 e. The number of nitrogen functional groups attached to an aromatic ring is 1. The number of amidine groups is 1. The van der Waals surface area contributed by atoms with E-state index in [1.807, 2.05) is 6.92 Å². The third kappa shape index (κ3) is 8.21. The van der Waals surface area contributed by atoms with Crippen LogP contribution in [0.3, 0.4) is 0 Å². The van der Waals surface area contributed by atoms with Crippen molar-refractivity contribution in [3.05, 3.63) is 53.3 Å². The zero-order chi connectivity index (χ0) is 26.1. The van der Waals surface area contributed by atoms with E-state index >= 15 is 4.39 Å². The number of aliphatic hydroxyl groups excluding tert-OH is 1. The van der Waals surface area contributed by atoms with Gasteiger partial charge >= 0.3 is 5.97 Å². The van der Waals surface area contributed by atoms with Gasteiger partial charge in [0.25, 0.3) is 0 Å². The van der Waals surface area contributed by atoms with E-state index in [9.17, 15) is 4.79 Å². The van der Waals surface area contributed by atoms with Crippen molar-refractivity contribution in [2.24, 2.45) is 5.73 Å². The van der Waals surface area contributed by atoms with Crippen LogP contribution in [0.5, 0.6) is 11.5 Å². The molecule has 11 heteroatoms. The number of likely N-dealkylation sites (tertiary alicyclic amines) is 1. The number of nitrogens with zero attached hydrogens (tertiary/aromatic N) is 1. The Morgan fingerprint density at radius 3 is 2.46 bits per heavy atom. The molecule has 0 bridgehead atoms. The van der Waals surface area contributed by atoms with Gasteiger partial charge in [0.1, 0.15) is 17.7 Å². The van der Waals surface area contributed by atoms with Crippen LogP contribution in [0.25, 0.3) is 0 Å². The van der Waals surface area contributed by atoms with Crippen molar-refractivity contribution in [3.8, 4) is 11.5 Å². The molecule has 0 spiro atoms. The molecular weight excluding hydrogens is 503 g/mol. The van der Waals surface area contributed by atoms with Crippen molar-refractivity contribution in [2.75, 3.05) is 44.8 Å². The number of hydrogen-bond acceptors (Lipinski definition) is 8. The highest BCUT2D eigenvalue weighted by Gasteiger charge is 2.30. The second kappa shape index (κ2) is 14.6. The van der Waals surface area contributed by atoms with Crippen LogP contribution in [0.2, 0.25) is 0 Å². The molecule has 204 valence electrons. The first kappa shape index (κ1) is 30.1. The Morgan fingerprint density at radius 1 is 1.22 bits per heavy atom. The van der Waals surface area contributed by atoms with E-state index in [1.165, 1.54) is 12.1 Å². The van der Waals surface area contributed by atoms with Crippen LogP contribution < -0.4 is 20.5 Å². The predicted molar refractivity (Wildman–Crippen MR) is 142 cm³/mol. The molecule has 0 saturated carbocycles. The molecule has 0 radical (unpaired) electrons. The lowest BCUT2D eigenvalue weighted by molar-refractivity contribution is -0.144. The molecule has 1 saturated heterocycles. The summed E-state index contributed by atoms with van der Waals surface area (Å²) in [6, 6.07) is 8.41. The number of piperidine rings is 1. The molecule has 1 unspecified atom stereocenters. The molecule has 1 heterocycles. The van der Waals surface area contributed by atoms with Gasteiger partial charge in [-0.2, -0.15) is 0 Å². The molecule has 2 aromatic rings. The van der Waals surface area contributed by atoms with Crippen molar-refractivity contribution in [1.82, 2.24) is 4.90 Å². The monoisotopic (exact) mass is 538 g/mol. The molecule has 1 atom stereocenters. The van der Waals surface area contributed by atoms with Crippen LogP contribution >= 0.6 is 12.4 Å². The van der Waals surface area contributed by atoms with Crippen molar-refractivity contribution in [3.63, 3.8) is 0 Å². The second-order valence-corrected chi connectivity index (χ2v) is 8.46. The third-order valence-electron chi connectivity index (χ3n) is 5.94. The van der Waals surface area contributed by atoms with Crippen LogP contribution in [0, 0.1) is 11.2 Å². The van der Waals surface area contributed by atoms with Gasteiger partial charge in [0, 0.05) is 42.5 Å². The summed E-state index contributed by atoms with van der Waals surface area (Å²) in [5.74, 6) is -1.00. The highest BCUT2D eigenvalue weighted by molar-refractivity contribution is 5.95. The van der Waals surface area contributed by atoms with Gasteiger partial charge in [0.05, 0.1) is 19.8 Å². The topological polar surface area (TPSA) is 130 Å². The Hall–Kier alpha value is -3.08. The lowest BCUT2D eigenvalue weighted by atomic mass is 10.0. The fraction of sp³-hybridized carbons (Fsp3) is 0.462. The first-order valence-electron chi connectivity index (χ1n) is 12.2. The minimum atomic E-state index is -1.16. The largest absolute Gasteiger partial charge is 0.494 e. The average molecular weight is 539 g/mol. The minimum absolute atomic E-state index is 0. The number of carbonyl (C=O) groups excluding carboxylic acids is 1. The van der Waals surface area contributed by atoms with E-state index in [0.717, 1.165) is 13.1 Å². The highest BCUT2D eigenvalue weighted by Crippen LogP contribution is 2.35. The fourth-order valence-electron chi connectivity index (χ4n) is 4.11. The number of ether oxygens (including phenoxy) is 3. The number of carbonyl (C=O) groups is 1. The van der Waals surface area contributed by atoms with Crippen LogP contribution in [-0.4, -0.2) is 67.4 Å². The fourth-order valence-corrected chi connectivity index (χ4v) is 4.11. The molecule has 9 nitrogen and oxygen atoms in total. The molecule has 0 aromatic heterocycles. The predicted octanol–water partition coefficient (Wildman–Crippen LogP) is 3.48. The van der Waals surface area contributed by atoms with E-state index in [-0.39, 0.29) is 48.9 Å². The van der Waals surface area contributed by atoms with E-state index in [4.69, 9.17) is 30.5 Å². The summed E-state index contributed by atoms with van der Waals surface area (Å²) >= 11 is 0. The molecule has 5 N–H and O–H groups in total. The number of nitrogens with two attached hydrogens (primary N) is 1. The van der Waals surface area contributed by atoms with Crippen molar-refractivity contribution in [1.29, 1.82) is 5.41 Å². The number of halogens is 2. The van der Waals surface area contributed by atoms with E-state index < -0.39 is 17.8 Å². The Kier molecular flexibility index (Phi) is 11.9. The highest BCUT2D eigenvalue weighted by atomic mass is 35.5. The van der Waals surface area contributed by atoms with Gasteiger partial charge in [-0.05, 0) is 57.0 Å². The first-order valence-corrected chi connectivity index (χ1v) is 12.2. The van der Waals surface area contributed by atoms with E-state index in [0.29, 0.717) is 43.0 Å². The number of benzene rings is 2. The summed E-state index contributed by atoms with van der Waals surface area (Å²) in [5.41, 5.74) is 6.62. The maximum Gasteiger partial charge on any atom is 0.333 e. The molecule has 1 aliphatic rings. The van der Waals surface area contributed by atoms with Crippen LogP contribution in [0.1, 0.15) is 43.9 Å². The van der Waals surface area contributed by atoms with Crippen LogP contribution in [-0.2, 0) is 9.53 Å². The number of nitrogens with one attached hydrogen (secondary N) is 2. The molecule has 1 aliphatic heterocycles. The zero-order valence-corrected chi connectivity index (χ0v) is 22.0. The van der Waals surface area contributed by atoms with Crippen molar-refractivity contribution in [2.45, 2.75) is 38.8 Å². The number of rotatable bonds is 12. The summed E-state index contributed by atoms with van der Waals surface area (Å²) in [4.78, 5) is 15.1. The van der Waals surface area contributed by atoms with Crippen LogP contribution in [0.15, 0.2) is 36.4 Å². The Labute approximate surface area is 223 Å². The van der Waals surface area contributed by atoms with Gasteiger partial charge in [-0.25, -0.2) is 9.18 Å². The summed E-state index contributed by atoms with van der Waals surface area (Å²) < 4.78 is 32.8. The molecule has 0 aliphatic carbocycles. The number of aliphatic hydroxyl groups is 1. The third-order valence-corrected chi connectivity index (χ3v) is 5.94. The lowest BCUT2D eigenvalue weighted by Gasteiger charge is -2.32. The molecule has 37 heavy (non-hydrogen) atoms. The molecule has 0 amide bonds. The maximum atomic E-state index is 15.9. The van der Waals surface area contributed by atoms with Crippen molar-refractivity contribution >= 4 is 29.9 Å². The first-order chi connectivity index (χ1) is 17.4. The SMILES string of the molecule is CCOC(=O)C(Nc1ccc(C(=N)N)cc1)c1cc(OCC)cc(OC2CCN(CCO)CC2)c1F.Cl. The Morgan fingerprint density at radius 2 is 1.89 bits per heavy atom.